The first-order valence-corrected chi connectivity index (χ1v) is 7.55. The van der Waals surface area contributed by atoms with Crippen molar-refractivity contribution in [2.45, 2.75) is 19.3 Å². The van der Waals surface area contributed by atoms with Crippen LogP contribution in [0.5, 0.6) is 0 Å². The van der Waals surface area contributed by atoms with Crippen molar-refractivity contribution < 1.29 is 9.90 Å². The van der Waals surface area contributed by atoms with Crippen molar-refractivity contribution in [3.8, 4) is 0 Å². The van der Waals surface area contributed by atoms with Crippen LogP contribution in [0.2, 0.25) is 0 Å². The van der Waals surface area contributed by atoms with Crippen LogP contribution in [0.4, 0.5) is 5.82 Å². The van der Waals surface area contributed by atoms with Gasteiger partial charge in [-0.05, 0) is 39.9 Å². The maximum atomic E-state index is 11.2. The number of anilines is 1. The van der Waals surface area contributed by atoms with Gasteiger partial charge in [-0.25, -0.2) is 9.78 Å². The molecule has 2 aromatic rings. The molecule has 0 aliphatic carbocycles. The van der Waals surface area contributed by atoms with Gasteiger partial charge in [0.15, 0.2) is 0 Å². The molecule has 0 radical (unpaired) electrons. The zero-order valence-electron chi connectivity index (χ0n) is 11.7. The van der Waals surface area contributed by atoms with Gasteiger partial charge in [-0.3, -0.25) is 0 Å². The predicted octanol–water partition coefficient (Wildman–Crippen LogP) is 4.15. The monoisotopic (exact) mass is 348 g/mol. The Morgan fingerprint density at radius 1 is 1.38 bits per heavy atom. The molecule has 1 heterocycles. The molecule has 0 aliphatic rings. The summed E-state index contributed by atoms with van der Waals surface area (Å²) in [7, 11) is 0. The Morgan fingerprint density at radius 3 is 2.76 bits per heavy atom. The van der Waals surface area contributed by atoms with Crippen LogP contribution < -0.4 is 5.32 Å². The van der Waals surface area contributed by atoms with Crippen molar-refractivity contribution in [1.29, 1.82) is 0 Å². The predicted molar refractivity (Wildman–Crippen MR) is 86.9 cm³/mol. The first-order chi connectivity index (χ1) is 10.1. The number of halogens is 1. The average molecular weight is 349 g/mol. The molecule has 0 amide bonds. The molecule has 2 rings (SSSR count). The molecule has 1 atom stereocenters. The number of carboxylic acids is 1. The molecule has 0 saturated heterocycles. The van der Waals surface area contributed by atoms with Crippen LogP contribution in [0.1, 0.15) is 35.2 Å². The Balaban J connectivity index is 1.96. The molecule has 0 spiro atoms. The first kappa shape index (κ1) is 15.5. The Labute approximate surface area is 132 Å². The minimum absolute atomic E-state index is 0.178. The van der Waals surface area contributed by atoms with E-state index in [0.29, 0.717) is 22.8 Å². The van der Waals surface area contributed by atoms with E-state index in [2.05, 4.69) is 45.3 Å². The van der Waals surface area contributed by atoms with Crippen LogP contribution in [-0.2, 0) is 0 Å². The van der Waals surface area contributed by atoms with Gasteiger partial charge in [0.25, 0.3) is 0 Å². The molecule has 21 heavy (non-hydrogen) atoms. The number of aromatic nitrogens is 1. The van der Waals surface area contributed by atoms with E-state index < -0.39 is 5.97 Å². The van der Waals surface area contributed by atoms with E-state index >= 15 is 0 Å². The highest BCUT2D eigenvalue weighted by molar-refractivity contribution is 9.10. The fourth-order valence-corrected chi connectivity index (χ4v) is 2.43. The van der Waals surface area contributed by atoms with Gasteiger partial charge in [-0.1, -0.05) is 37.3 Å². The standard InChI is InChI=1S/C16H17BrN2O2/c1-11(12-5-3-2-4-6-12)7-8-18-15-14(16(20)21)9-13(17)10-19-15/h2-6,9-11H,7-8H2,1H3,(H,18,19)(H,20,21). The van der Waals surface area contributed by atoms with Gasteiger partial charge in [-0.2, -0.15) is 0 Å². The fourth-order valence-electron chi connectivity index (χ4n) is 2.10. The summed E-state index contributed by atoms with van der Waals surface area (Å²) in [6.45, 7) is 2.83. The molecule has 0 saturated carbocycles. The van der Waals surface area contributed by atoms with E-state index in [-0.39, 0.29) is 5.56 Å². The molecule has 2 N–H and O–H groups in total. The molecule has 1 aromatic carbocycles. The molecule has 0 aliphatic heterocycles. The number of hydrogen-bond acceptors (Lipinski definition) is 3. The van der Waals surface area contributed by atoms with E-state index in [1.165, 1.54) is 5.56 Å². The summed E-state index contributed by atoms with van der Waals surface area (Å²) in [5, 5.41) is 12.3. The number of nitrogens with one attached hydrogen (secondary N) is 1. The third-order valence-electron chi connectivity index (χ3n) is 3.32. The highest BCUT2D eigenvalue weighted by Gasteiger charge is 2.12. The molecule has 110 valence electrons. The van der Waals surface area contributed by atoms with Crippen molar-refractivity contribution in [1.82, 2.24) is 4.98 Å². The lowest BCUT2D eigenvalue weighted by atomic mass is 9.98. The molecular weight excluding hydrogens is 332 g/mol. The van der Waals surface area contributed by atoms with E-state index in [1.807, 2.05) is 18.2 Å². The highest BCUT2D eigenvalue weighted by atomic mass is 79.9. The quantitative estimate of drug-likeness (QED) is 0.823. The molecule has 0 fully saturated rings. The molecule has 0 bridgehead atoms. The number of carboxylic acid groups (broad SMARTS) is 1. The summed E-state index contributed by atoms with van der Waals surface area (Å²) < 4.78 is 0.656. The number of hydrogen-bond donors (Lipinski definition) is 2. The van der Waals surface area contributed by atoms with Crippen molar-refractivity contribution in [2.24, 2.45) is 0 Å². The van der Waals surface area contributed by atoms with Gasteiger partial charge in [0.05, 0.1) is 0 Å². The van der Waals surface area contributed by atoms with Gasteiger partial charge < -0.3 is 10.4 Å². The lowest BCUT2D eigenvalue weighted by Gasteiger charge is -2.13. The van der Waals surface area contributed by atoms with Crippen LogP contribution in [0, 0.1) is 0 Å². The Bertz CT molecular complexity index is 617. The van der Waals surface area contributed by atoms with Gasteiger partial charge in [-0.15, -0.1) is 0 Å². The van der Waals surface area contributed by atoms with Crippen LogP contribution >= 0.6 is 15.9 Å². The van der Waals surface area contributed by atoms with Crippen LogP contribution in [0.25, 0.3) is 0 Å². The molecular formula is C16H17BrN2O2. The van der Waals surface area contributed by atoms with Crippen molar-refractivity contribution in [3.63, 3.8) is 0 Å². The van der Waals surface area contributed by atoms with Crippen LogP contribution in [0.15, 0.2) is 47.1 Å². The number of carbonyl (C=O) groups is 1. The number of pyridine rings is 1. The molecule has 1 aromatic heterocycles. The SMILES string of the molecule is CC(CCNc1ncc(Br)cc1C(=O)O)c1ccccc1. The fraction of sp³-hybridized carbons (Fsp3) is 0.250. The zero-order chi connectivity index (χ0) is 15.2. The maximum absolute atomic E-state index is 11.2. The smallest absolute Gasteiger partial charge is 0.339 e. The van der Waals surface area contributed by atoms with Crippen molar-refractivity contribution in [2.75, 3.05) is 11.9 Å². The molecule has 1 unspecified atom stereocenters. The summed E-state index contributed by atoms with van der Waals surface area (Å²) in [6, 6.07) is 11.8. The molecule has 5 heteroatoms. The van der Waals surface area contributed by atoms with Crippen molar-refractivity contribution in [3.05, 3.63) is 58.2 Å². The topological polar surface area (TPSA) is 62.2 Å². The van der Waals surface area contributed by atoms with Gasteiger partial charge in [0.1, 0.15) is 11.4 Å². The minimum atomic E-state index is -0.984. The number of benzene rings is 1. The summed E-state index contributed by atoms with van der Waals surface area (Å²) >= 11 is 3.23. The lowest BCUT2D eigenvalue weighted by molar-refractivity contribution is 0.0697. The minimum Gasteiger partial charge on any atom is -0.478 e. The summed E-state index contributed by atoms with van der Waals surface area (Å²) in [5.41, 5.74) is 1.46. The number of rotatable bonds is 6. The van der Waals surface area contributed by atoms with Crippen LogP contribution in [0.3, 0.4) is 0 Å². The Kier molecular flexibility index (Phi) is 5.33. The third kappa shape index (κ3) is 4.29. The first-order valence-electron chi connectivity index (χ1n) is 6.75. The van der Waals surface area contributed by atoms with E-state index in [1.54, 1.807) is 12.3 Å². The maximum Gasteiger partial charge on any atom is 0.339 e. The van der Waals surface area contributed by atoms with Gasteiger partial charge >= 0.3 is 5.97 Å². The van der Waals surface area contributed by atoms with E-state index in [4.69, 9.17) is 0 Å². The largest absolute Gasteiger partial charge is 0.478 e. The van der Waals surface area contributed by atoms with E-state index in [0.717, 1.165) is 6.42 Å². The number of aromatic carboxylic acids is 1. The average Bonchev–Trinajstić information content (AvgIpc) is 2.49. The van der Waals surface area contributed by atoms with Crippen LogP contribution in [-0.4, -0.2) is 22.6 Å². The third-order valence-corrected chi connectivity index (χ3v) is 3.76. The van der Waals surface area contributed by atoms with E-state index in [9.17, 15) is 9.90 Å². The second-order valence-electron chi connectivity index (χ2n) is 4.88. The lowest BCUT2D eigenvalue weighted by Crippen LogP contribution is -2.11. The summed E-state index contributed by atoms with van der Waals surface area (Å²) in [4.78, 5) is 15.3. The van der Waals surface area contributed by atoms with Crippen molar-refractivity contribution >= 4 is 27.7 Å². The van der Waals surface area contributed by atoms with Gasteiger partial charge in [0.2, 0.25) is 0 Å². The normalized spacial score (nSPS) is 11.9. The molecule has 4 nitrogen and oxygen atoms in total. The Hall–Kier alpha value is -1.88. The second-order valence-corrected chi connectivity index (χ2v) is 5.80. The zero-order valence-corrected chi connectivity index (χ0v) is 13.3. The number of nitrogens with zero attached hydrogens (tertiary/aromatic N) is 1. The van der Waals surface area contributed by atoms with Gasteiger partial charge in [0, 0.05) is 17.2 Å². The second kappa shape index (κ2) is 7.22. The summed E-state index contributed by atoms with van der Waals surface area (Å²) in [6.07, 6.45) is 2.50. The Morgan fingerprint density at radius 2 is 2.10 bits per heavy atom. The summed E-state index contributed by atoms with van der Waals surface area (Å²) in [5.74, 6) is -0.171. The highest BCUT2D eigenvalue weighted by Crippen LogP contribution is 2.21.